The number of nitrogens with zero attached hydrogens (tertiary/aromatic N) is 4. The first-order valence-electron chi connectivity index (χ1n) is 10.4. The molecule has 0 radical (unpaired) electrons. The lowest BCUT2D eigenvalue weighted by Gasteiger charge is -2.25. The van der Waals surface area contributed by atoms with E-state index in [9.17, 15) is 9.59 Å². The zero-order chi connectivity index (χ0) is 22.3. The van der Waals surface area contributed by atoms with Crippen LogP contribution in [-0.4, -0.2) is 44.9 Å². The standard InChI is InChI=1S/C22H24N6O4/c23-21-26-17(19-8-5-11-31-19)12-18(27-21)20(29)24-13-15-6-4-7-16(25-15)14-32-22(30)28-9-2-1-3-10-28/h4-8,11-12H,1-3,9-10,13-14H2,(H,24,29)(H2,23,26,27). The van der Waals surface area contributed by atoms with Gasteiger partial charge in [-0.15, -0.1) is 0 Å². The molecule has 4 heterocycles. The van der Waals surface area contributed by atoms with E-state index in [-0.39, 0.29) is 30.9 Å². The van der Waals surface area contributed by atoms with Crippen LogP contribution in [0.1, 0.15) is 41.1 Å². The maximum Gasteiger partial charge on any atom is 0.410 e. The topological polar surface area (TPSA) is 136 Å². The maximum absolute atomic E-state index is 12.6. The molecule has 10 nitrogen and oxygen atoms in total. The van der Waals surface area contributed by atoms with Gasteiger partial charge >= 0.3 is 6.09 Å². The molecule has 1 fully saturated rings. The minimum Gasteiger partial charge on any atom is -0.463 e. The van der Waals surface area contributed by atoms with E-state index in [1.807, 2.05) is 0 Å². The Hall–Kier alpha value is -3.95. The summed E-state index contributed by atoms with van der Waals surface area (Å²) in [5, 5.41) is 2.76. The van der Waals surface area contributed by atoms with E-state index in [0.717, 1.165) is 32.4 Å². The fraction of sp³-hybridized carbons (Fsp3) is 0.318. The number of hydrogen-bond donors (Lipinski definition) is 2. The van der Waals surface area contributed by atoms with Crippen LogP contribution in [0.15, 0.2) is 47.1 Å². The van der Waals surface area contributed by atoms with Crippen LogP contribution >= 0.6 is 0 Å². The average molecular weight is 436 g/mol. The Kier molecular flexibility index (Phi) is 6.59. The van der Waals surface area contributed by atoms with Gasteiger partial charge in [0.05, 0.1) is 24.2 Å². The molecule has 1 saturated heterocycles. The number of aromatic nitrogens is 3. The molecule has 2 amide bonds. The van der Waals surface area contributed by atoms with Crippen LogP contribution in [-0.2, 0) is 17.9 Å². The van der Waals surface area contributed by atoms with Crippen molar-refractivity contribution >= 4 is 17.9 Å². The van der Waals surface area contributed by atoms with Gasteiger partial charge in [-0.3, -0.25) is 9.78 Å². The number of rotatable bonds is 6. The lowest BCUT2D eigenvalue weighted by molar-refractivity contribution is 0.0884. The largest absolute Gasteiger partial charge is 0.463 e. The van der Waals surface area contributed by atoms with Crippen LogP contribution < -0.4 is 11.1 Å². The van der Waals surface area contributed by atoms with Gasteiger partial charge in [-0.05, 0) is 49.6 Å². The molecule has 3 aromatic heterocycles. The highest BCUT2D eigenvalue weighted by Gasteiger charge is 2.18. The smallest absolute Gasteiger partial charge is 0.410 e. The van der Waals surface area contributed by atoms with Crippen LogP contribution in [0.25, 0.3) is 11.5 Å². The minimum atomic E-state index is -0.421. The number of carbonyl (C=O) groups is 2. The molecule has 0 unspecified atom stereocenters. The molecule has 1 aliphatic heterocycles. The molecule has 0 bridgehead atoms. The van der Waals surface area contributed by atoms with Gasteiger partial charge < -0.3 is 25.1 Å². The van der Waals surface area contributed by atoms with E-state index in [1.54, 1.807) is 35.2 Å². The monoisotopic (exact) mass is 436 g/mol. The fourth-order valence-electron chi connectivity index (χ4n) is 3.41. The quantitative estimate of drug-likeness (QED) is 0.602. The summed E-state index contributed by atoms with van der Waals surface area (Å²) in [5.74, 6) is 0.0388. The van der Waals surface area contributed by atoms with Gasteiger partial charge in [0.25, 0.3) is 5.91 Å². The third-order valence-electron chi connectivity index (χ3n) is 5.00. The van der Waals surface area contributed by atoms with Gasteiger partial charge in [0, 0.05) is 13.1 Å². The predicted molar refractivity (Wildman–Crippen MR) is 115 cm³/mol. The zero-order valence-electron chi connectivity index (χ0n) is 17.5. The van der Waals surface area contributed by atoms with E-state index < -0.39 is 5.91 Å². The van der Waals surface area contributed by atoms with Gasteiger partial charge in [0.1, 0.15) is 18.0 Å². The van der Waals surface area contributed by atoms with Crippen molar-refractivity contribution in [2.45, 2.75) is 32.4 Å². The van der Waals surface area contributed by atoms with Crippen molar-refractivity contribution in [2.24, 2.45) is 0 Å². The van der Waals surface area contributed by atoms with Crippen LogP contribution in [0.4, 0.5) is 10.7 Å². The summed E-state index contributed by atoms with van der Waals surface area (Å²) in [5.41, 5.74) is 7.51. The lowest BCUT2D eigenvalue weighted by Crippen LogP contribution is -2.36. The summed E-state index contributed by atoms with van der Waals surface area (Å²) in [6, 6.07) is 10.3. The number of nitrogen functional groups attached to an aromatic ring is 1. The number of ether oxygens (including phenoxy) is 1. The number of anilines is 1. The number of hydrogen-bond acceptors (Lipinski definition) is 8. The Balaban J connectivity index is 1.34. The molecule has 0 spiro atoms. The molecule has 1 aliphatic rings. The van der Waals surface area contributed by atoms with E-state index in [1.165, 1.54) is 12.3 Å². The van der Waals surface area contributed by atoms with E-state index >= 15 is 0 Å². The van der Waals surface area contributed by atoms with E-state index in [4.69, 9.17) is 14.9 Å². The van der Waals surface area contributed by atoms with Crippen molar-refractivity contribution in [1.29, 1.82) is 0 Å². The molecule has 32 heavy (non-hydrogen) atoms. The van der Waals surface area contributed by atoms with Crippen molar-refractivity contribution in [3.05, 3.63) is 59.7 Å². The number of likely N-dealkylation sites (tertiary alicyclic amines) is 1. The first-order valence-corrected chi connectivity index (χ1v) is 10.4. The molecule has 0 aliphatic carbocycles. The first kappa shape index (κ1) is 21.3. The number of amides is 2. The van der Waals surface area contributed by atoms with Crippen LogP contribution in [0.5, 0.6) is 0 Å². The summed E-state index contributed by atoms with van der Waals surface area (Å²) in [7, 11) is 0. The summed E-state index contributed by atoms with van der Waals surface area (Å²) in [4.78, 5) is 39.0. The van der Waals surface area contributed by atoms with Gasteiger partial charge in [-0.1, -0.05) is 6.07 Å². The molecule has 4 rings (SSSR count). The first-order chi connectivity index (χ1) is 15.6. The highest BCUT2D eigenvalue weighted by Crippen LogP contribution is 2.19. The predicted octanol–water partition coefficient (Wildman–Crippen LogP) is 2.77. The molecule has 0 atom stereocenters. The van der Waals surface area contributed by atoms with Crippen molar-refractivity contribution in [3.63, 3.8) is 0 Å². The van der Waals surface area contributed by atoms with Gasteiger partial charge in [-0.2, -0.15) is 0 Å². The zero-order valence-corrected chi connectivity index (χ0v) is 17.5. The second kappa shape index (κ2) is 9.90. The molecule has 3 aromatic rings. The summed E-state index contributed by atoms with van der Waals surface area (Å²) in [6.45, 7) is 1.71. The molecule has 0 aromatic carbocycles. The maximum atomic E-state index is 12.6. The Labute approximate surface area is 184 Å². The van der Waals surface area contributed by atoms with Gasteiger partial charge in [0.2, 0.25) is 5.95 Å². The molecule has 0 saturated carbocycles. The van der Waals surface area contributed by atoms with Crippen molar-refractivity contribution in [1.82, 2.24) is 25.2 Å². The molecule has 3 N–H and O–H groups in total. The Morgan fingerprint density at radius 1 is 1.06 bits per heavy atom. The number of nitrogens with one attached hydrogen (secondary N) is 1. The van der Waals surface area contributed by atoms with Crippen LogP contribution in [0, 0.1) is 0 Å². The third kappa shape index (κ3) is 5.39. The summed E-state index contributed by atoms with van der Waals surface area (Å²) in [6.07, 6.45) is 4.34. The number of furan rings is 1. The van der Waals surface area contributed by atoms with Gasteiger partial charge in [0.15, 0.2) is 5.76 Å². The van der Waals surface area contributed by atoms with E-state index in [0.29, 0.717) is 22.8 Å². The Morgan fingerprint density at radius 3 is 2.66 bits per heavy atom. The second-order valence-electron chi connectivity index (χ2n) is 7.38. The normalized spacial score (nSPS) is 13.6. The summed E-state index contributed by atoms with van der Waals surface area (Å²) >= 11 is 0. The molecule has 166 valence electrons. The summed E-state index contributed by atoms with van der Waals surface area (Å²) < 4.78 is 10.7. The lowest BCUT2D eigenvalue weighted by atomic mass is 10.1. The van der Waals surface area contributed by atoms with Crippen LogP contribution in [0.3, 0.4) is 0 Å². The average Bonchev–Trinajstić information content (AvgIpc) is 3.37. The van der Waals surface area contributed by atoms with Crippen molar-refractivity contribution < 1.29 is 18.7 Å². The highest BCUT2D eigenvalue weighted by atomic mass is 16.6. The SMILES string of the molecule is Nc1nc(C(=O)NCc2cccc(COC(=O)N3CCCCC3)n2)cc(-c2ccco2)n1. The number of piperidine rings is 1. The van der Waals surface area contributed by atoms with Crippen molar-refractivity contribution in [2.75, 3.05) is 18.8 Å². The van der Waals surface area contributed by atoms with Crippen LogP contribution in [0.2, 0.25) is 0 Å². The number of pyridine rings is 1. The van der Waals surface area contributed by atoms with E-state index in [2.05, 4.69) is 20.3 Å². The minimum absolute atomic E-state index is 0.0281. The second-order valence-corrected chi connectivity index (χ2v) is 7.38. The fourth-order valence-corrected chi connectivity index (χ4v) is 3.41. The number of carbonyl (C=O) groups excluding carboxylic acids is 2. The van der Waals surface area contributed by atoms with Gasteiger partial charge in [-0.25, -0.2) is 14.8 Å². The highest BCUT2D eigenvalue weighted by molar-refractivity contribution is 5.93. The Bertz CT molecular complexity index is 1080. The number of nitrogens with two attached hydrogens (primary N) is 1. The molecular formula is C22H24N6O4. The molecular weight excluding hydrogens is 412 g/mol. The van der Waals surface area contributed by atoms with Crippen molar-refractivity contribution in [3.8, 4) is 11.5 Å². The Morgan fingerprint density at radius 2 is 1.88 bits per heavy atom. The molecule has 10 heteroatoms. The third-order valence-corrected chi connectivity index (χ3v) is 5.00.